The molecule has 1 fully saturated rings. The molecule has 2 N–H and O–H groups in total. The fraction of sp³-hybridized carbons (Fsp3) is 0.818. The van der Waals surface area contributed by atoms with Crippen LogP contribution in [-0.4, -0.2) is 60.6 Å². The zero-order valence-electron chi connectivity index (χ0n) is 11.6. The van der Waals surface area contributed by atoms with Crippen molar-refractivity contribution in [3.05, 3.63) is 0 Å². The highest BCUT2D eigenvalue weighted by molar-refractivity contribution is 8.02. The van der Waals surface area contributed by atoms with Crippen molar-refractivity contribution in [1.82, 2.24) is 4.31 Å². The van der Waals surface area contributed by atoms with Crippen LogP contribution in [-0.2, 0) is 19.6 Å². The Kier molecular flexibility index (Phi) is 6.24. The Labute approximate surface area is 129 Å². The van der Waals surface area contributed by atoms with Gasteiger partial charge in [-0.3, -0.25) is 4.79 Å². The second-order valence-corrected chi connectivity index (χ2v) is 8.32. The van der Waals surface area contributed by atoms with Crippen LogP contribution < -0.4 is 5.73 Å². The molecule has 0 aromatic heterocycles. The number of nitrogens with two attached hydrogens (primary N) is 1. The van der Waals surface area contributed by atoms with E-state index in [2.05, 4.69) is 4.74 Å². The number of nitrogens with zero attached hydrogens (tertiary/aromatic N) is 1. The Hall–Kier alpha value is -0.380. The van der Waals surface area contributed by atoms with E-state index in [1.165, 1.54) is 11.4 Å². The number of hydrogen-bond donors (Lipinski definition) is 1. The molecule has 20 heavy (non-hydrogen) atoms. The van der Waals surface area contributed by atoms with Gasteiger partial charge in [-0.05, 0) is 19.1 Å². The van der Waals surface area contributed by atoms with Crippen molar-refractivity contribution >= 4 is 45.0 Å². The highest BCUT2D eigenvalue weighted by Gasteiger charge is 2.39. The fourth-order valence-electron chi connectivity index (χ4n) is 2.12. The van der Waals surface area contributed by atoms with Gasteiger partial charge in [0.1, 0.15) is 0 Å². The van der Waals surface area contributed by atoms with Gasteiger partial charge in [-0.25, -0.2) is 12.7 Å². The molecule has 6 nitrogen and oxygen atoms in total. The quantitative estimate of drug-likeness (QED) is 0.551. The van der Waals surface area contributed by atoms with E-state index in [1.807, 2.05) is 6.26 Å². The molecule has 1 rings (SSSR count). The molecular formula is C11H20N2O4S3. The summed E-state index contributed by atoms with van der Waals surface area (Å²) in [6.07, 6.45) is 3.00. The number of ether oxygens (including phenoxy) is 1. The highest BCUT2D eigenvalue weighted by Crippen LogP contribution is 2.35. The van der Waals surface area contributed by atoms with Crippen LogP contribution in [0.25, 0.3) is 0 Å². The van der Waals surface area contributed by atoms with Crippen molar-refractivity contribution < 1.29 is 17.9 Å². The van der Waals surface area contributed by atoms with Gasteiger partial charge in [0, 0.05) is 13.1 Å². The molecular weight excluding hydrogens is 320 g/mol. The summed E-state index contributed by atoms with van der Waals surface area (Å²) in [7, 11) is -2.19. The smallest absolute Gasteiger partial charge is 0.306 e. The number of thiocarbonyl (C=S) groups is 1. The second-order valence-electron chi connectivity index (χ2n) is 4.60. The minimum absolute atomic E-state index is 0.127. The number of carbonyl (C=O) groups excluding carboxylic acids is 1. The number of thioether (sulfide) groups is 1. The first-order valence-corrected chi connectivity index (χ1v) is 9.41. The van der Waals surface area contributed by atoms with Crippen molar-refractivity contribution in [2.24, 2.45) is 5.73 Å². The summed E-state index contributed by atoms with van der Waals surface area (Å²) < 4.78 is 29.8. The number of hydrogen-bond acceptors (Lipinski definition) is 6. The topological polar surface area (TPSA) is 89.7 Å². The molecule has 116 valence electrons. The summed E-state index contributed by atoms with van der Waals surface area (Å²) in [5.41, 5.74) is 5.77. The maximum atomic E-state index is 12.1. The summed E-state index contributed by atoms with van der Waals surface area (Å²) in [5.74, 6) is -0.744. The van der Waals surface area contributed by atoms with Crippen LogP contribution in [0.5, 0.6) is 0 Å². The molecule has 0 aromatic carbocycles. The van der Waals surface area contributed by atoms with Gasteiger partial charge < -0.3 is 10.5 Å². The number of carbonyl (C=O) groups is 1. The minimum Gasteiger partial charge on any atom is -0.469 e. The van der Waals surface area contributed by atoms with Gasteiger partial charge in [-0.15, -0.1) is 0 Å². The summed E-state index contributed by atoms with van der Waals surface area (Å²) in [4.78, 5) is 11.5. The van der Waals surface area contributed by atoms with Crippen molar-refractivity contribution in [2.75, 3.05) is 32.2 Å². The summed E-state index contributed by atoms with van der Waals surface area (Å²) in [6, 6.07) is 0. The Bertz CT molecular complexity index is 470. The second kappa shape index (κ2) is 7.06. The maximum Gasteiger partial charge on any atom is 0.306 e. The monoisotopic (exact) mass is 340 g/mol. The van der Waals surface area contributed by atoms with E-state index in [0.29, 0.717) is 30.9 Å². The molecule has 0 unspecified atom stereocenters. The summed E-state index contributed by atoms with van der Waals surface area (Å²) >= 11 is 6.66. The Morgan fingerprint density at radius 2 is 2.00 bits per heavy atom. The van der Waals surface area contributed by atoms with E-state index in [9.17, 15) is 13.2 Å². The van der Waals surface area contributed by atoms with E-state index in [0.717, 1.165) is 0 Å². The first-order valence-electron chi connectivity index (χ1n) is 6.17. The highest BCUT2D eigenvalue weighted by atomic mass is 32.2. The van der Waals surface area contributed by atoms with Crippen molar-refractivity contribution in [1.29, 1.82) is 0 Å². The van der Waals surface area contributed by atoms with Gasteiger partial charge in [0.15, 0.2) is 0 Å². The molecule has 0 atom stereocenters. The molecule has 0 aliphatic carbocycles. The third-order valence-electron chi connectivity index (χ3n) is 3.56. The van der Waals surface area contributed by atoms with Crippen LogP contribution in [0.3, 0.4) is 0 Å². The lowest BCUT2D eigenvalue weighted by molar-refractivity contribution is -0.140. The largest absolute Gasteiger partial charge is 0.469 e. The number of sulfonamides is 1. The van der Waals surface area contributed by atoms with Crippen LogP contribution in [0.4, 0.5) is 0 Å². The van der Waals surface area contributed by atoms with Crippen molar-refractivity contribution in [3.8, 4) is 0 Å². The van der Waals surface area contributed by atoms with Crippen LogP contribution >= 0.6 is 24.0 Å². The molecule has 0 bridgehead atoms. The molecule has 1 aliphatic heterocycles. The first kappa shape index (κ1) is 17.7. The predicted molar refractivity (Wildman–Crippen MR) is 84.3 cm³/mol. The molecule has 0 amide bonds. The number of piperidine rings is 1. The number of esters is 1. The third kappa shape index (κ3) is 4.06. The standard InChI is InChI=1S/C11H20N2O4S3/c1-17-9(14)3-8-20(15,16)13-6-4-11(19-2,5-7-13)10(12)18/h3-8H2,1-2H3,(H2,12,18). The van der Waals surface area contributed by atoms with Gasteiger partial charge in [0.25, 0.3) is 0 Å². The van der Waals surface area contributed by atoms with Crippen LogP contribution in [0.15, 0.2) is 0 Å². The molecule has 0 spiro atoms. The predicted octanol–water partition coefficient (Wildman–Crippen LogP) is 0.363. The lowest BCUT2D eigenvalue weighted by atomic mass is 9.97. The Balaban J connectivity index is 2.64. The van der Waals surface area contributed by atoms with E-state index in [4.69, 9.17) is 18.0 Å². The SMILES string of the molecule is COC(=O)CCS(=O)(=O)N1CCC(SC)(C(N)=S)CC1. The summed E-state index contributed by atoms with van der Waals surface area (Å²) in [5, 5.41) is 0. The van der Waals surface area contributed by atoms with Crippen molar-refractivity contribution in [2.45, 2.75) is 24.0 Å². The average Bonchev–Trinajstić information content (AvgIpc) is 2.44. The van der Waals surface area contributed by atoms with Gasteiger partial charge in [-0.2, -0.15) is 11.8 Å². The van der Waals surface area contributed by atoms with E-state index >= 15 is 0 Å². The zero-order valence-corrected chi connectivity index (χ0v) is 14.1. The van der Waals surface area contributed by atoms with Gasteiger partial charge >= 0.3 is 5.97 Å². The molecule has 0 aromatic rings. The normalized spacial score (nSPS) is 19.5. The fourth-order valence-corrected chi connectivity index (χ4v) is 4.79. The van der Waals surface area contributed by atoms with E-state index in [1.54, 1.807) is 11.8 Å². The number of methoxy groups -OCH3 is 1. The van der Waals surface area contributed by atoms with E-state index in [-0.39, 0.29) is 16.9 Å². The first-order chi connectivity index (χ1) is 9.27. The molecule has 1 aliphatic rings. The van der Waals surface area contributed by atoms with Gasteiger partial charge in [0.2, 0.25) is 10.0 Å². The Morgan fingerprint density at radius 1 is 1.45 bits per heavy atom. The van der Waals surface area contributed by atoms with Gasteiger partial charge in [0.05, 0.1) is 29.0 Å². The third-order valence-corrected chi connectivity index (χ3v) is 7.36. The average molecular weight is 340 g/mol. The van der Waals surface area contributed by atoms with Gasteiger partial charge in [-0.1, -0.05) is 12.2 Å². The Morgan fingerprint density at radius 3 is 2.40 bits per heavy atom. The van der Waals surface area contributed by atoms with E-state index < -0.39 is 16.0 Å². The zero-order chi connectivity index (χ0) is 15.4. The molecule has 0 radical (unpaired) electrons. The molecule has 0 saturated carbocycles. The number of rotatable bonds is 6. The van der Waals surface area contributed by atoms with Crippen LogP contribution in [0.1, 0.15) is 19.3 Å². The maximum absolute atomic E-state index is 12.1. The van der Waals surface area contributed by atoms with Crippen LogP contribution in [0.2, 0.25) is 0 Å². The lowest BCUT2D eigenvalue weighted by Gasteiger charge is -2.39. The summed E-state index contributed by atoms with van der Waals surface area (Å²) in [6.45, 7) is 0.753. The van der Waals surface area contributed by atoms with Crippen LogP contribution in [0, 0.1) is 0 Å². The molecule has 9 heteroatoms. The molecule has 1 heterocycles. The van der Waals surface area contributed by atoms with Crippen molar-refractivity contribution in [3.63, 3.8) is 0 Å². The molecule has 1 saturated heterocycles. The minimum atomic E-state index is -3.43. The lowest BCUT2D eigenvalue weighted by Crippen LogP contribution is -2.51.